The first-order chi connectivity index (χ1) is 9.01. The minimum Gasteiger partial charge on any atom is -0.397 e. The van der Waals surface area contributed by atoms with Gasteiger partial charge in [-0.05, 0) is 52.2 Å². The molecular formula is C14H13Br2FN2. The second-order valence-electron chi connectivity index (χ2n) is 4.13. The van der Waals surface area contributed by atoms with Gasteiger partial charge in [-0.25, -0.2) is 4.39 Å². The number of anilines is 3. The van der Waals surface area contributed by atoms with Crippen LogP contribution in [0, 0.1) is 5.82 Å². The molecule has 0 saturated heterocycles. The van der Waals surface area contributed by atoms with Gasteiger partial charge in [0.25, 0.3) is 0 Å². The standard InChI is InChI=1S/C14H13Br2FN2/c1-2-8-5-9(15)3-4-13(8)19-14-6-10(16)11(17)7-12(14)18/h3-7,19H,2,18H2,1H3. The molecule has 2 aromatic rings. The SMILES string of the molecule is CCc1cc(Br)ccc1Nc1cc(Br)c(F)cc1N. The molecule has 5 heteroatoms. The molecule has 0 heterocycles. The quantitative estimate of drug-likeness (QED) is 0.706. The van der Waals surface area contributed by atoms with Crippen LogP contribution in [0.25, 0.3) is 0 Å². The molecule has 0 unspecified atom stereocenters. The van der Waals surface area contributed by atoms with E-state index >= 15 is 0 Å². The third-order valence-corrected chi connectivity index (χ3v) is 3.91. The van der Waals surface area contributed by atoms with Crippen LogP contribution in [0.15, 0.2) is 39.3 Å². The predicted octanol–water partition coefficient (Wildman–Crippen LogP) is 5.24. The van der Waals surface area contributed by atoms with Crippen LogP contribution >= 0.6 is 31.9 Å². The fourth-order valence-electron chi connectivity index (χ4n) is 1.79. The van der Waals surface area contributed by atoms with E-state index in [1.165, 1.54) is 6.07 Å². The molecule has 0 bridgehead atoms. The summed E-state index contributed by atoms with van der Waals surface area (Å²) in [6.45, 7) is 2.08. The molecule has 0 aromatic heterocycles. The number of halogens is 3. The van der Waals surface area contributed by atoms with E-state index in [9.17, 15) is 4.39 Å². The first-order valence-electron chi connectivity index (χ1n) is 5.81. The average molecular weight is 388 g/mol. The lowest BCUT2D eigenvalue weighted by atomic mass is 10.1. The van der Waals surface area contributed by atoms with E-state index in [-0.39, 0.29) is 5.82 Å². The summed E-state index contributed by atoms with van der Waals surface area (Å²) in [5.74, 6) is -0.366. The molecule has 0 aliphatic carbocycles. The summed E-state index contributed by atoms with van der Waals surface area (Å²) in [6, 6.07) is 8.93. The Morgan fingerprint density at radius 3 is 2.58 bits per heavy atom. The Bertz CT molecular complexity index is 615. The van der Waals surface area contributed by atoms with Gasteiger partial charge in [-0.15, -0.1) is 0 Å². The summed E-state index contributed by atoms with van der Waals surface area (Å²) in [5, 5.41) is 3.24. The van der Waals surface area contributed by atoms with E-state index < -0.39 is 0 Å². The minimum absolute atomic E-state index is 0.366. The van der Waals surface area contributed by atoms with Gasteiger partial charge in [0, 0.05) is 16.2 Å². The van der Waals surface area contributed by atoms with Crippen molar-refractivity contribution >= 4 is 48.9 Å². The molecule has 19 heavy (non-hydrogen) atoms. The maximum atomic E-state index is 13.3. The molecule has 0 amide bonds. The van der Waals surface area contributed by atoms with Gasteiger partial charge in [0.05, 0.1) is 15.8 Å². The van der Waals surface area contributed by atoms with E-state index in [1.54, 1.807) is 6.07 Å². The molecule has 0 aliphatic heterocycles. The summed E-state index contributed by atoms with van der Waals surface area (Å²) in [4.78, 5) is 0. The molecule has 0 radical (unpaired) electrons. The minimum atomic E-state index is -0.366. The smallest absolute Gasteiger partial charge is 0.139 e. The molecule has 0 spiro atoms. The van der Waals surface area contributed by atoms with Gasteiger partial charge >= 0.3 is 0 Å². The van der Waals surface area contributed by atoms with Gasteiger partial charge < -0.3 is 11.1 Å². The van der Waals surface area contributed by atoms with Crippen LogP contribution in [0.1, 0.15) is 12.5 Å². The van der Waals surface area contributed by atoms with Gasteiger partial charge in [-0.3, -0.25) is 0 Å². The lowest BCUT2D eigenvalue weighted by Gasteiger charge is -2.14. The largest absolute Gasteiger partial charge is 0.397 e. The lowest BCUT2D eigenvalue weighted by Crippen LogP contribution is -2.00. The predicted molar refractivity (Wildman–Crippen MR) is 85.3 cm³/mol. The van der Waals surface area contributed by atoms with Crippen molar-refractivity contribution in [2.24, 2.45) is 0 Å². The summed E-state index contributed by atoms with van der Waals surface area (Å²) in [5.41, 5.74) is 9.02. The first-order valence-corrected chi connectivity index (χ1v) is 7.40. The summed E-state index contributed by atoms with van der Waals surface area (Å²) < 4.78 is 14.8. The molecule has 0 saturated carbocycles. The molecule has 100 valence electrons. The van der Waals surface area contributed by atoms with Crippen LogP contribution in [0.4, 0.5) is 21.5 Å². The highest BCUT2D eigenvalue weighted by Gasteiger charge is 2.08. The number of hydrogen-bond donors (Lipinski definition) is 2. The molecule has 0 atom stereocenters. The van der Waals surface area contributed by atoms with Crippen molar-refractivity contribution in [1.29, 1.82) is 0 Å². The van der Waals surface area contributed by atoms with Crippen LogP contribution in [-0.2, 0) is 6.42 Å². The Kier molecular flexibility index (Phi) is 4.47. The van der Waals surface area contributed by atoms with Crippen molar-refractivity contribution < 1.29 is 4.39 Å². The van der Waals surface area contributed by atoms with Gasteiger partial charge in [-0.2, -0.15) is 0 Å². The fourth-order valence-corrected chi connectivity index (χ4v) is 2.54. The molecular weight excluding hydrogens is 375 g/mol. The maximum Gasteiger partial charge on any atom is 0.139 e. The van der Waals surface area contributed by atoms with Crippen molar-refractivity contribution in [3.05, 3.63) is 50.7 Å². The Balaban J connectivity index is 2.39. The zero-order chi connectivity index (χ0) is 14.0. The summed E-state index contributed by atoms with van der Waals surface area (Å²) in [7, 11) is 0. The number of aryl methyl sites for hydroxylation is 1. The molecule has 0 fully saturated rings. The van der Waals surface area contributed by atoms with Gasteiger partial charge in [0.1, 0.15) is 5.82 Å². The van der Waals surface area contributed by atoms with E-state index in [0.717, 1.165) is 22.1 Å². The third-order valence-electron chi connectivity index (χ3n) is 2.81. The number of hydrogen-bond acceptors (Lipinski definition) is 2. The lowest BCUT2D eigenvalue weighted by molar-refractivity contribution is 0.622. The molecule has 0 aliphatic rings. The first kappa shape index (κ1) is 14.3. The molecule has 2 aromatic carbocycles. The number of nitrogens with two attached hydrogens (primary N) is 1. The van der Waals surface area contributed by atoms with Gasteiger partial charge in [-0.1, -0.05) is 22.9 Å². The highest BCUT2D eigenvalue weighted by Crippen LogP contribution is 2.31. The van der Waals surface area contributed by atoms with Crippen molar-refractivity contribution in [3.63, 3.8) is 0 Å². The average Bonchev–Trinajstić information content (AvgIpc) is 2.37. The van der Waals surface area contributed by atoms with E-state index in [4.69, 9.17) is 5.73 Å². The van der Waals surface area contributed by atoms with Crippen molar-refractivity contribution in [1.82, 2.24) is 0 Å². The van der Waals surface area contributed by atoms with E-state index in [2.05, 4.69) is 50.2 Å². The van der Waals surface area contributed by atoms with Crippen LogP contribution < -0.4 is 11.1 Å². The maximum absolute atomic E-state index is 13.3. The van der Waals surface area contributed by atoms with Crippen LogP contribution in [0.3, 0.4) is 0 Å². The van der Waals surface area contributed by atoms with Crippen LogP contribution in [-0.4, -0.2) is 0 Å². The number of nitrogen functional groups attached to an aromatic ring is 1. The van der Waals surface area contributed by atoms with Crippen molar-refractivity contribution in [2.45, 2.75) is 13.3 Å². The second kappa shape index (κ2) is 5.92. The highest BCUT2D eigenvalue weighted by molar-refractivity contribution is 9.10. The summed E-state index contributed by atoms with van der Waals surface area (Å²) in [6.07, 6.45) is 0.893. The van der Waals surface area contributed by atoms with E-state index in [0.29, 0.717) is 15.8 Å². The number of nitrogens with one attached hydrogen (secondary N) is 1. The second-order valence-corrected chi connectivity index (χ2v) is 5.90. The van der Waals surface area contributed by atoms with Crippen LogP contribution in [0.2, 0.25) is 0 Å². The zero-order valence-electron chi connectivity index (χ0n) is 10.3. The summed E-state index contributed by atoms with van der Waals surface area (Å²) >= 11 is 6.61. The Morgan fingerprint density at radius 2 is 1.89 bits per heavy atom. The van der Waals surface area contributed by atoms with Crippen molar-refractivity contribution in [3.8, 4) is 0 Å². The van der Waals surface area contributed by atoms with Gasteiger partial charge in [0.15, 0.2) is 0 Å². The van der Waals surface area contributed by atoms with E-state index in [1.807, 2.05) is 12.1 Å². The normalized spacial score (nSPS) is 10.5. The Morgan fingerprint density at radius 1 is 1.16 bits per heavy atom. The third kappa shape index (κ3) is 3.28. The Labute approximate surface area is 128 Å². The zero-order valence-corrected chi connectivity index (χ0v) is 13.5. The topological polar surface area (TPSA) is 38.0 Å². The molecule has 2 rings (SSSR count). The highest BCUT2D eigenvalue weighted by atomic mass is 79.9. The van der Waals surface area contributed by atoms with Gasteiger partial charge in [0.2, 0.25) is 0 Å². The fraction of sp³-hybridized carbons (Fsp3) is 0.143. The van der Waals surface area contributed by atoms with Crippen molar-refractivity contribution in [2.75, 3.05) is 11.1 Å². The molecule has 3 N–H and O–H groups in total. The monoisotopic (exact) mass is 386 g/mol. The Hall–Kier alpha value is -1.07. The molecule has 2 nitrogen and oxygen atoms in total. The number of benzene rings is 2. The number of rotatable bonds is 3. The van der Waals surface area contributed by atoms with Crippen LogP contribution in [0.5, 0.6) is 0 Å².